The number of aromatic hydroxyl groups is 1. The van der Waals surface area contributed by atoms with E-state index in [4.69, 9.17) is 21.8 Å². The number of ether oxygens (including phenoxy) is 1. The molecule has 22 heavy (non-hydrogen) atoms. The molecule has 1 aromatic carbocycles. The van der Waals surface area contributed by atoms with Gasteiger partial charge in [-0.25, -0.2) is 0 Å². The van der Waals surface area contributed by atoms with Gasteiger partial charge in [0.2, 0.25) is 0 Å². The average molecular weight is 423 g/mol. The molecule has 1 fully saturated rings. The fraction of sp³-hybridized carbons (Fsp3) is 0.562. The predicted octanol–water partition coefficient (Wildman–Crippen LogP) is 5.08. The molecule has 1 aliphatic carbocycles. The number of aliphatic imine (C=N–C) groups is 1. The predicted molar refractivity (Wildman–Crippen MR) is 90.1 cm³/mol. The van der Waals surface area contributed by atoms with Crippen molar-refractivity contribution in [2.24, 2.45) is 10.9 Å². The number of phenolic OH excluding ortho intramolecular Hbond substituents is 1. The molecule has 1 aliphatic rings. The number of rotatable bonds is 4. The maximum atomic E-state index is 10.0. The van der Waals surface area contributed by atoms with E-state index >= 15 is 0 Å². The Labute approximate surface area is 151 Å². The molecule has 1 saturated carbocycles. The summed E-state index contributed by atoms with van der Waals surface area (Å²) in [6.07, 6.45) is 8.41. The van der Waals surface area contributed by atoms with Crippen molar-refractivity contribution in [3.63, 3.8) is 0 Å². The number of hydrogen-bond donors (Lipinski definition) is 1. The Balaban J connectivity index is 0.000000745. The number of methoxy groups -OCH3 is 1. The number of benzene rings is 1. The van der Waals surface area contributed by atoms with Crippen molar-refractivity contribution in [1.29, 1.82) is 0 Å². The molecule has 0 aromatic heterocycles. The molecule has 6 heteroatoms. The van der Waals surface area contributed by atoms with Crippen LogP contribution in [0.5, 0.6) is 11.5 Å². The van der Waals surface area contributed by atoms with Crippen LogP contribution >= 0.6 is 17.0 Å². The summed E-state index contributed by atoms with van der Waals surface area (Å²) in [6.45, 7) is 2.74. The van der Waals surface area contributed by atoms with Gasteiger partial charge in [0.25, 0.3) is 0 Å². The van der Waals surface area contributed by atoms with Gasteiger partial charge >= 0.3 is 37.9 Å². The second kappa shape index (κ2) is 11.5. The van der Waals surface area contributed by atoms with E-state index in [9.17, 15) is 5.11 Å². The molecule has 0 spiro atoms. The van der Waals surface area contributed by atoms with Gasteiger partial charge in [0.1, 0.15) is 11.5 Å². The zero-order valence-corrected chi connectivity index (χ0v) is 17.1. The summed E-state index contributed by atoms with van der Waals surface area (Å²) in [6, 6.07) is 3.65. The third-order valence-electron chi connectivity index (χ3n) is 3.86. The topological polar surface area (TPSA) is 41.8 Å². The Morgan fingerprint density at radius 1 is 1.32 bits per heavy atom. The normalized spacial score (nSPS) is 15.3. The Kier molecular flexibility index (Phi) is 10.4. The number of aryl methyl sites for hydroxylation is 1. The fourth-order valence-corrected chi connectivity index (χ4v) is 2.66. The number of hydrogen-bond acceptors (Lipinski definition) is 3. The molecule has 0 atom stereocenters. The van der Waals surface area contributed by atoms with Crippen LogP contribution in [0.3, 0.4) is 0 Å². The molecule has 1 aromatic rings. The first-order valence-electron chi connectivity index (χ1n) is 7.46. The van der Waals surface area contributed by atoms with E-state index in [0.717, 1.165) is 29.3 Å². The van der Waals surface area contributed by atoms with Crippen molar-refractivity contribution in [3.8, 4) is 11.5 Å². The molecule has 0 aliphatic heterocycles. The number of halogens is 2. The van der Waals surface area contributed by atoms with Crippen LogP contribution in [0, 0.1) is 12.8 Å². The van der Waals surface area contributed by atoms with E-state index in [1.54, 1.807) is 13.3 Å². The second-order valence-electron chi connectivity index (χ2n) is 5.45. The fourth-order valence-electron chi connectivity index (χ4n) is 2.66. The van der Waals surface area contributed by atoms with Crippen LogP contribution < -0.4 is 4.74 Å². The van der Waals surface area contributed by atoms with Crippen LogP contribution in [0.2, 0.25) is 0 Å². The Hall–Kier alpha value is -0.0469. The van der Waals surface area contributed by atoms with Gasteiger partial charge in [-0.15, -0.1) is 0 Å². The van der Waals surface area contributed by atoms with Crippen LogP contribution in [-0.2, 0) is 20.8 Å². The van der Waals surface area contributed by atoms with Crippen LogP contribution in [-0.4, -0.2) is 25.0 Å². The molecule has 2 rings (SSSR count). The summed E-state index contributed by atoms with van der Waals surface area (Å²) in [5.41, 5.74) is 1.56. The van der Waals surface area contributed by atoms with Gasteiger partial charge in [-0.3, -0.25) is 4.99 Å². The molecule has 3 nitrogen and oxygen atoms in total. The van der Waals surface area contributed by atoms with E-state index in [1.165, 1.54) is 32.1 Å². The summed E-state index contributed by atoms with van der Waals surface area (Å²) in [5.74, 6) is 1.78. The van der Waals surface area contributed by atoms with Gasteiger partial charge in [-0.05, 0) is 43.4 Å². The molecule has 0 amide bonds. The molecule has 0 radical (unpaired) electrons. The number of phenols is 1. The van der Waals surface area contributed by atoms with Gasteiger partial charge in [0.15, 0.2) is 0 Å². The maximum absolute atomic E-state index is 10.0. The standard InChI is InChI=1S/C16H23NO2.2ClH.Zr/c1-12-8-15(19-2)9-14(16(12)18)11-17-10-13-6-4-3-5-7-13;;;/h8-9,11,13,18H,3-7,10H2,1-2H3;2*1H;/q;;;+2/p-2. The molecular formula is C16H23Cl2NO2Zr. The summed E-state index contributed by atoms with van der Waals surface area (Å²) < 4.78 is 5.21. The van der Waals surface area contributed by atoms with Crippen LogP contribution in [0.15, 0.2) is 17.1 Å². The Morgan fingerprint density at radius 3 is 2.55 bits per heavy atom. The number of nitrogens with zero attached hydrogens (tertiary/aromatic N) is 1. The van der Waals surface area contributed by atoms with Gasteiger partial charge in [-0.2, -0.15) is 0 Å². The summed E-state index contributed by atoms with van der Waals surface area (Å²) in [4.78, 5) is 4.50. The minimum atomic E-state index is -0.826. The summed E-state index contributed by atoms with van der Waals surface area (Å²) >= 11 is -0.826. The first kappa shape index (κ1) is 20.0. The van der Waals surface area contributed by atoms with Crippen molar-refractivity contribution in [2.75, 3.05) is 13.7 Å². The quantitative estimate of drug-likeness (QED) is 0.686. The third-order valence-corrected chi connectivity index (χ3v) is 3.86. The summed E-state index contributed by atoms with van der Waals surface area (Å²) in [7, 11) is 11.5. The van der Waals surface area contributed by atoms with E-state index in [0.29, 0.717) is 5.75 Å². The van der Waals surface area contributed by atoms with E-state index in [-0.39, 0.29) is 0 Å². The molecule has 0 bridgehead atoms. The second-order valence-corrected chi connectivity index (χ2v) is 9.18. The molecule has 0 saturated heterocycles. The SMILES string of the molecule is COc1cc(C)c(O)c(C=NCC2CCCCC2)c1.[Cl][Zr][Cl]. The van der Waals surface area contributed by atoms with E-state index in [2.05, 4.69) is 4.99 Å². The van der Waals surface area contributed by atoms with Gasteiger partial charge < -0.3 is 9.84 Å². The zero-order chi connectivity index (χ0) is 16.4. The van der Waals surface area contributed by atoms with Gasteiger partial charge in [0, 0.05) is 18.3 Å². The van der Waals surface area contributed by atoms with Gasteiger partial charge in [0.05, 0.1) is 7.11 Å². The van der Waals surface area contributed by atoms with Crippen LogP contribution in [0.1, 0.15) is 43.2 Å². The summed E-state index contributed by atoms with van der Waals surface area (Å²) in [5, 5.41) is 10.0. The van der Waals surface area contributed by atoms with Crippen LogP contribution in [0.25, 0.3) is 0 Å². The third kappa shape index (κ3) is 7.02. The molecule has 122 valence electrons. The Morgan fingerprint density at radius 2 is 1.95 bits per heavy atom. The Bertz CT molecular complexity index is 477. The average Bonchev–Trinajstić information content (AvgIpc) is 2.53. The first-order chi connectivity index (χ1) is 10.6. The van der Waals surface area contributed by atoms with Crippen LogP contribution in [0.4, 0.5) is 0 Å². The minimum absolute atomic E-state index is 0.299. The van der Waals surface area contributed by atoms with E-state index < -0.39 is 20.8 Å². The van der Waals surface area contributed by atoms with E-state index in [1.807, 2.05) is 19.1 Å². The van der Waals surface area contributed by atoms with Crippen molar-refractivity contribution in [3.05, 3.63) is 23.3 Å². The van der Waals surface area contributed by atoms with Gasteiger partial charge in [-0.1, -0.05) is 19.3 Å². The molecule has 0 heterocycles. The van der Waals surface area contributed by atoms with Crippen molar-refractivity contribution >= 4 is 23.2 Å². The van der Waals surface area contributed by atoms with Crippen molar-refractivity contribution in [2.45, 2.75) is 39.0 Å². The zero-order valence-electron chi connectivity index (χ0n) is 13.1. The first-order valence-corrected chi connectivity index (χ1v) is 13.8. The molecular weight excluding hydrogens is 400 g/mol. The molecule has 1 N–H and O–H groups in total. The monoisotopic (exact) mass is 421 g/mol. The van der Waals surface area contributed by atoms with Crippen molar-refractivity contribution < 1.29 is 30.7 Å². The molecule has 0 unspecified atom stereocenters. The van der Waals surface area contributed by atoms with Crippen molar-refractivity contribution in [1.82, 2.24) is 0 Å².